The van der Waals surface area contributed by atoms with Crippen LogP contribution in [0.5, 0.6) is 17.4 Å². The summed E-state index contributed by atoms with van der Waals surface area (Å²) in [6, 6.07) is 14.8. The Morgan fingerprint density at radius 3 is 2.61 bits per heavy atom. The molecule has 1 fully saturated rings. The Morgan fingerprint density at radius 1 is 1.08 bits per heavy atom. The van der Waals surface area contributed by atoms with E-state index in [-0.39, 0.29) is 5.91 Å². The minimum absolute atomic E-state index is 0.0648. The fourth-order valence-corrected chi connectivity index (χ4v) is 4.20. The third kappa shape index (κ3) is 5.28. The number of nitrogens with zero attached hydrogens (tertiary/aromatic N) is 5. The Labute approximate surface area is 213 Å². The van der Waals surface area contributed by atoms with Gasteiger partial charge in [0.25, 0.3) is 0 Å². The van der Waals surface area contributed by atoms with E-state index in [2.05, 4.69) is 20.3 Å². The molecule has 2 aromatic carbocycles. The molecule has 1 amide bonds. The lowest BCUT2D eigenvalue weighted by molar-refractivity contribution is -0.129. The van der Waals surface area contributed by atoms with Crippen molar-refractivity contribution in [3.63, 3.8) is 0 Å². The normalized spacial score (nSPS) is 13.6. The molecule has 1 aliphatic heterocycles. The molecule has 36 heavy (non-hydrogen) atoms. The monoisotopic (exact) mass is 507 g/mol. The SMILES string of the molecule is COc1ccc(Oc2cc(NCc3nc4ccccc4[nH]3)nc(N3CCN(C(C)=O)CC3)n2)c(Cl)c1. The van der Waals surface area contributed by atoms with Crippen molar-refractivity contribution in [1.82, 2.24) is 24.8 Å². The van der Waals surface area contributed by atoms with Crippen molar-refractivity contribution in [3.8, 4) is 17.4 Å². The number of benzene rings is 2. The van der Waals surface area contributed by atoms with Gasteiger partial charge in [-0.05, 0) is 24.3 Å². The number of para-hydroxylation sites is 2. The molecule has 11 heteroatoms. The summed E-state index contributed by atoms with van der Waals surface area (Å²) >= 11 is 6.39. The lowest BCUT2D eigenvalue weighted by Gasteiger charge is -2.34. The van der Waals surface area contributed by atoms with Crippen LogP contribution in [0.3, 0.4) is 0 Å². The average Bonchev–Trinajstić information content (AvgIpc) is 3.32. The summed E-state index contributed by atoms with van der Waals surface area (Å²) in [6.45, 7) is 4.47. The Hall–Kier alpha value is -4.05. The highest BCUT2D eigenvalue weighted by molar-refractivity contribution is 6.32. The van der Waals surface area contributed by atoms with E-state index in [1.807, 2.05) is 34.1 Å². The molecule has 3 heterocycles. The topological polar surface area (TPSA) is 108 Å². The van der Waals surface area contributed by atoms with Crippen LogP contribution in [-0.4, -0.2) is 64.0 Å². The lowest BCUT2D eigenvalue weighted by Crippen LogP contribution is -2.48. The van der Waals surface area contributed by atoms with Gasteiger partial charge in [0.2, 0.25) is 17.7 Å². The Bertz CT molecular complexity index is 1350. The molecular formula is C25H26ClN7O3. The summed E-state index contributed by atoms with van der Waals surface area (Å²) in [5.41, 5.74) is 1.87. The number of ether oxygens (including phenoxy) is 2. The van der Waals surface area contributed by atoms with Crippen molar-refractivity contribution in [1.29, 1.82) is 0 Å². The van der Waals surface area contributed by atoms with Crippen molar-refractivity contribution >= 4 is 40.3 Å². The minimum Gasteiger partial charge on any atom is -0.497 e. The van der Waals surface area contributed by atoms with Crippen LogP contribution in [0, 0.1) is 0 Å². The molecule has 1 saturated heterocycles. The minimum atomic E-state index is 0.0648. The van der Waals surface area contributed by atoms with Gasteiger partial charge in [0.15, 0.2) is 0 Å². The average molecular weight is 508 g/mol. The number of aromatic amines is 1. The van der Waals surface area contributed by atoms with Gasteiger partial charge in [0, 0.05) is 45.2 Å². The zero-order valence-electron chi connectivity index (χ0n) is 20.0. The summed E-state index contributed by atoms with van der Waals surface area (Å²) in [5.74, 6) is 3.36. The maximum atomic E-state index is 11.7. The number of anilines is 2. The van der Waals surface area contributed by atoms with Crippen LogP contribution in [-0.2, 0) is 11.3 Å². The van der Waals surface area contributed by atoms with Crippen molar-refractivity contribution < 1.29 is 14.3 Å². The van der Waals surface area contributed by atoms with Crippen LogP contribution >= 0.6 is 11.6 Å². The summed E-state index contributed by atoms with van der Waals surface area (Å²) in [7, 11) is 1.58. The summed E-state index contributed by atoms with van der Waals surface area (Å²) in [5, 5.41) is 3.72. The molecular weight excluding hydrogens is 482 g/mol. The van der Waals surface area contributed by atoms with Crippen molar-refractivity contribution in [2.75, 3.05) is 43.5 Å². The Kier molecular flexibility index (Phi) is 6.77. The number of rotatable bonds is 7. The number of H-pyrrole nitrogens is 1. The van der Waals surface area contributed by atoms with Crippen LogP contribution in [0.4, 0.5) is 11.8 Å². The summed E-state index contributed by atoms with van der Waals surface area (Å²) in [4.78, 5) is 32.8. The number of methoxy groups -OCH3 is 1. The number of halogens is 1. The predicted octanol–water partition coefficient (Wildman–Crippen LogP) is 4.09. The number of nitrogens with one attached hydrogen (secondary N) is 2. The molecule has 1 aliphatic rings. The van der Waals surface area contributed by atoms with Crippen molar-refractivity contribution in [2.24, 2.45) is 0 Å². The molecule has 0 aliphatic carbocycles. The third-order valence-electron chi connectivity index (χ3n) is 5.93. The standard InChI is InChI=1S/C25H26ClN7O3/c1-16(34)32-9-11-33(12-10-32)25-30-22(27-15-23-28-19-5-3-4-6-20(19)29-23)14-24(31-25)36-21-8-7-17(35-2)13-18(21)26/h3-8,13-14H,9-12,15H2,1-2H3,(H,28,29)(H,27,30,31). The maximum absolute atomic E-state index is 11.7. The van der Waals surface area contributed by atoms with E-state index in [0.29, 0.717) is 66.9 Å². The maximum Gasteiger partial charge on any atom is 0.230 e. The second kappa shape index (κ2) is 10.3. The van der Waals surface area contributed by atoms with Crippen LogP contribution in [0.1, 0.15) is 12.7 Å². The van der Waals surface area contributed by atoms with Gasteiger partial charge in [-0.2, -0.15) is 9.97 Å². The fourth-order valence-electron chi connectivity index (χ4n) is 3.99. The van der Waals surface area contributed by atoms with E-state index in [9.17, 15) is 4.79 Å². The molecule has 5 rings (SSSR count). The van der Waals surface area contributed by atoms with E-state index < -0.39 is 0 Å². The van der Waals surface area contributed by atoms with Crippen LogP contribution in [0.2, 0.25) is 5.02 Å². The second-order valence-corrected chi connectivity index (χ2v) is 8.74. The van der Waals surface area contributed by atoms with E-state index in [1.165, 1.54) is 0 Å². The molecule has 0 unspecified atom stereocenters. The number of piperazine rings is 1. The predicted molar refractivity (Wildman–Crippen MR) is 138 cm³/mol. The first kappa shape index (κ1) is 23.7. The van der Waals surface area contributed by atoms with E-state index in [1.54, 1.807) is 38.3 Å². The van der Waals surface area contributed by atoms with E-state index >= 15 is 0 Å². The largest absolute Gasteiger partial charge is 0.497 e. The first-order valence-electron chi connectivity index (χ1n) is 11.6. The number of carbonyl (C=O) groups is 1. The number of carbonyl (C=O) groups excluding carboxylic acids is 1. The molecule has 2 aromatic heterocycles. The number of amides is 1. The highest BCUT2D eigenvalue weighted by atomic mass is 35.5. The van der Waals surface area contributed by atoms with Gasteiger partial charge in [-0.15, -0.1) is 0 Å². The molecule has 186 valence electrons. The van der Waals surface area contributed by atoms with Gasteiger partial charge in [0.1, 0.15) is 23.1 Å². The van der Waals surface area contributed by atoms with Gasteiger partial charge in [-0.1, -0.05) is 23.7 Å². The number of aromatic nitrogens is 4. The molecule has 4 aromatic rings. The highest BCUT2D eigenvalue weighted by Crippen LogP contribution is 2.33. The number of fused-ring (bicyclic) bond motifs is 1. The number of hydrogen-bond donors (Lipinski definition) is 2. The first-order valence-corrected chi connectivity index (χ1v) is 11.9. The molecule has 10 nitrogen and oxygen atoms in total. The summed E-state index contributed by atoms with van der Waals surface area (Å²) < 4.78 is 11.3. The smallest absolute Gasteiger partial charge is 0.230 e. The first-order chi connectivity index (χ1) is 17.5. The summed E-state index contributed by atoms with van der Waals surface area (Å²) in [6.07, 6.45) is 0. The molecule has 0 spiro atoms. The zero-order chi connectivity index (χ0) is 25.1. The van der Waals surface area contributed by atoms with Gasteiger partial charge in [-0.25, -0.2) is 4.98 Å². The van der Waals surface area contributed by atoms with Gasteiger partial charge < -0.3 is 29.6 Å². The highest BCUT2D eigenvalue weighted by Gasteiger charge is 2.22. The van der Waals surface area contributed by atoms with Gasteiger partial charge >= 0.3 is 0 Å². The Morgan fingerprint density at radius 2 is 1.89 bits per heavy atom. The van der Waals surface area contributed by atoms with Crippen LogP contribution in [0.15, 0.2) is 48.5 Å². The quantitative estimate of drug-likeness (QED) is 0.385. The van der Waals surface area contributed by atoms with E-state index in [0.717, 1.165) is 16.9 Å². The van der Waals surface area contributed by atoms with Gasteiger partial charge in [0.05, 0.1) is 29.7 Å². The number of hydrogen-bond acceptors (Lipinski definition) is 8. The molecule has 0 saturated carbocycles. The molecule has 0 atom stereocenters. The fraction of sp³-hybridized carbons (Fsp3) is 0.280. The van der Waals surface area contributed by atoms with Gasteiger partial charge in [-0.3, -0.25) is 4.79 Å². The molecule has 0 radical (unpaired) electrons. The number of imidazole rings is 1. The zero-order valence-corrected chi connectivity index (χ0v) is 20.7. The Balaban J connectivity index is 1.39. The van der Waals surface area contributed by atoms with E-state index in [4.69, 9.17) is 26.1 Å². The third-order valence-corrected chi connectivity index (χ3v) is 6.22. The van der Waals surface area contributed by atoms with Crippen LogP contribution < -0.4 is 19.7 Å². The van der Waals surface area contributed by atoms with Crippen LogP contribution in [0.25, 0.3) is 11.0 Å². The molecule has 2 N–H and O–H groups in total. The lowest BCUT2D eigenvalue weighted by atomic mass is 10.3. The second-order valence-electron chi connectivity index (χ2n) is 8.34. The van der Waals surface area contributed by atoms with Crippen molar-refractivity contribution in [3.05, 3.63) is 59.4 Å². The van der Waals surface area contributed by atoms with Crippen molar-refractivity contribution in [2.45, 2.75) is 13.5 Å². The molecule has 0 bridgehead atoms.